The van der Waals surface area contributed by atoms with Crippen LogP contribution in [0.2, 0.25) is 4.34 Å². The molecule has 0 radical (unpaired) electrons. The van der Waals surface area contributed by atoms with Crippen LogP contribution < -0.4 is 10.1 Å². The van der Waals surface area contributed by atoms with Crippen LogP contribution in [0.4, 0.5) is 5.69 Å². The van der Waals surface area contributed by atoms with Crippen molar-refractivity contribution in [1.82, 2.24) is 0 Å². The zero-order chi connectivity index (χ0) is 13.1. The monoisotopic (exact) mass is 281 g/mol. The molecule has 1 heterocycles. The SMILES string of the molecule is COc1ccc(NC(C)c2ccc(Cl)s2)c(C)c1. The van der Waals surface area contributed by atoms with Gasteiger partial charge in [-0.15, -0.1) is 11.3 Å². The van der Waals surface area contributed by atoms with Gasteiger partial charge in [-0.25, -0.2) is 0 Å². The van der Waals surface area contributed by atoms with Crippen LogP contribution in [0.5, 0.6) is 5.75 Å². The van der Waals surface area contributed by atoms with Gasteiger partial charge in [0.25, 0.3) is 0 Å². The summed E-state index contributed by atoms with van der Waals surface area (Å²) in [6.45, 7) is 4.20. The number of benzene rings is 1. The topological polar surface area (TPSA) is 21.3 Å². The fourth-order valence-electron chi connectivity index (χ4n) is 1.79. The number of hydrogen-bond acceptors (Lipinski definition) is 3. The summed E-state index contributed by atoms with van der Waals surface area (Å²) in [6, 6.07) is 10.3. The number of anilines is 1. The van der Waals surface area contributed by atoms with Gasteiger partial charge in [0.15, 0.2) is 0 Å². The molecule has 0 aliphatic heterocycles. The van der Waals surface area contributed by atoms with Crippen LogP contribution in [0.25, 0.3) is 0 Å². The lowest BCUT2D eigenvalue weighted by atomic mass is 10.1. The zero-order valence-electron chi connectivity index (χ0n) is 10.7. The molecule has 0 spiro atoms. The maximum absolute atomic E-state index is 5.95. The number of halogens is 1. The van der Waals surface area contributed by atoms with Crippen molar-refractivity contribution in [2.45, 2.75) is 19.9 Å². The Morgan fingerprint density at radius 1 is 1.28 bits per heavy atom. The van der Waals surface area contributed by atoms with Crippen molar-refractivity contribution in [2.24, 2.45) is 0 Å². The standard InChI is InChI=1S/C14H16ClNOS/c1-9-8-11(17-3)4-5-12(9)16-10(2)13-6-7-14(15)18-13/h4-8,10,16H,1-3H3. The maximum Gasteiger partial charge on any atom is 0.119 e. The largest absolute Gasteiger partial charge is 0.497 e. The quantitative estimate of drug-likeness (QED) is 0.861. The van der Waals surface area contributed by atoms with Crippen LogP contribution in [0.1, 0.15) is 23.4 Å². The van der Waals surface area contributed by atoms with E-state index in [1.165, 1.54) is 10.4 Å². The molecule has 18 heavy (non-hydrogen) atoms. The highest BCUT2D eigenvalue weighted by Crippen LogP contribution is 2.30. The van der Waals surface area contributed by atoms with Crippen LogP contribution in [0.3, 0.4) is 0 Å². The van der Waals surface area contributed by atoms with Crippen molar-refractivity contribution in [2.75, 3.05) is 12.4 Å². The van der Waals surface area contributed by atoms with E-state index in [-0.39, 0.29) is 6.04 Å². The van der Waals surface area contributed by atoms with Gasteiger partial charge in [0.05, 0.1) is 17.5 Å². The van der Waals surface area contributed by atoms with Gasteiger partial charge in [0, 0.05) is 10.6 Å². The lowest BCUT2D eigenvalue weighted by molar-refractivity contribution is 0.414. The molecular weight excluding hydrogens is 266 g/mol. The van der Waals surface area contributed by atoms with E-state index in [1.54, 1.807) is 18.4 Å². The summed E-state index contributed by atoms with van der Waals surface area (Å²) in [5.74, 6) is 0.880. The summed E-state index contributed by atoms with van der Waals surface area (Å²) < 4.78 is 6.02. The first-order valence-corrected chi connectivity index (χ1v) is 6.96. The fourth-order valence-corrected chi connectivity index (χ4v) is 2.85. The first-order chi connectivity index (χ1) is 8.60. The minimum Gasteiger partial charge on any atom is -0.497 e. The number of hydrogen-bond donors (Lipinski definition) is 1. The van der Waals surface area contributed by atoms with E-state index < -0.39 is 0 Å². The van der Waals surface area contributed by atoms with E-state index in [1.807, 2.05) is 24.3 Å². The minimum absolute atomic E-state index is 0.245. The third-order valence-corrected chi connectivity index (χ3v) is 4.24. The van der Waals surface area contributed by atoms with Crippen LogP contribution in [-0.4, -0.2) is 7.11 Å². The molecule has 1 N–H and O–H groups in total. The molecule has 0 aliphatic carbocycles. The third-order valence-electron chi connectivity index (χ3n) is 2.83. The minimum atomic E-state index is 0.245. The number of methoxy groups -OCH3 is 1. The summed E-state index contributed by atoms with van der Waals surface area (Å²) in [5, 5.41) is 3.49. The van der Waals surface area contributed by atoms with Crippen LogP contribution in [-0.2, 0) is 0 Å². The Morgan fingerprint density at radius 3 is 2.61 bits per heavy atom. The number of nitrogens with one attached hydrogen (secondary N) is 1. The Hall–Kier alpha value is -1.19. The fraction of sp³-hybridized carbons (Fsp3) is 0.286. The molecule has 1 aromatic carbocycles. The molecule has 0 saturated heterocycles. The van der Waals surface area contributed by atoms with Gasteiger partial charge in [0.1, 0.15) is 5.75 Å². The number of ether oxygens (including phenoxy) is 1. The van der Waals surface area contributed by atoms with Gasteiger partial charge in [-0.3, -0.25) is 0 Å². The highest BCUT2D eigenvalue weighted by molar-refractivity contribution is 7.16. The van der Waals surface area contributed by atoms with Crippen molar-refractivity contribution >= 4 is 28.6 Å². The Labute approximate surface area is 117 Å². The average molecular weight is 282 g/mol. The van der Waals surface area contributed by atoms with Gasteiger partial charge in [-0.05, 0) is 49.7 Å². The molecular formula is C14H16ClNOS. The van der Waals surface area contributed by atoms with Crippen molar-refractivity contribution in [3.63, 3.8) is 0 Å². The predicted molar refractivity (Wildman–Crippen MR) is 79.1 cm³/mol. The van der Waals surface area contributed by atoms with E-state index in [9.17, 15) is 0 Å². The Bertz CT molecular complexity index is 538. The van der Waals surface area contributed by atoms with E-state index in [0.717, 1.165) is 15.8 Å². The first kappa shape index (κ1) is 13.2. The smallest absolute Gasteiger partial charge is 0.119 e. The van der Waals surface area contributed by atoms with Crippen molar-refractivity contribution < 1.29 is 4.74 Å². The summed E-state index contributed by atoms with van der Waals surface area (Å²) in [4.78, 5) is 1.23. The van der Waals surface area contributed by atoms with Crippen molar-refractivity contribution in [1.29, 1.82) is 0 Å². The molecule has 0 amide bonds. The number of aryl methyl sites for hydroxylation is 1. The van der Waals surface area contributed by atoms with Gasteiger partial charge < -0.3 is 10.1 Å². The molecule has 1 aromatic heterocycles. The molecule has 2 rings (SSSR count). The van der Waals surface area contributed by atoms with E-state index >= 15 is 0 Å². The van der Waals surface area contributed by atoms with Crippen molar-refractivity contribution in [3.8, 4) is 5.75 Å². The Morgan fingerprint density at radius 2 is 2.06 bits per heavy atom. The normalized spacial score (nSPS) is 12.2. The molecule has 2 aromatic rings. The Kier molecular flexibility index (Phi) is 4.15. The van der Waals surface area contributed by atoms with Gasteiger partial charge >= 0.3 is 0 Å². The predicted octanol–water partition coefficient (Wildman–Crippen LogP) is 4.89. The van der Waals surface area contributed by atoms with Gasteiger partial charge in [-0.1, -0.05) is 11.6 Å². The molecule has 1 atom stereocenters. The summed E-state index contributed by atoms with van der Waals surface area (Å²) in [7, 11) is 1.68. The highest BCUT2D eigenvalue weighted by Gasteiger charge is 2.09. The number of rotatable bonds is 4. The lowest BCUT2D eigenvalue weighted by Gasteiger charge is -2.16. The van der Waals surface area contributed by atoms with E-state index in [0.29, 0.717) is 0 Å². The summed E-state index contributed by atoms with van der Waals surface area (Å²) >= 11 is 7.56. The zero-order valence-corrected chi connectivity index (χ0v) is 12.2. The van der Waals surface area contributed by atoms with E-state index in [2.05, 4.69) is 25.2 Å². The molecule has 1 unspecified atom stereocenters. The molecule has 0 fully saturated rings. The first-order valence-electron chi connectivity index (χ1n) is 5.76. The van der Waals surface area contributed by atoms with Gasteiger partial charge in [-0.2, -0.15) is 0 Å². The second-order valence-corrected chi connectivity index (χ2v) is 5.94. The van der Waals surface area contributed by atoms with Crippen LogP contribution in [0, 0.1) is 6.92 Å². The molecule has 0 saturated carbocycles. The molecule has 2 nitrogen and oxygen atoms in total. The average Bonchev–Trinajstić information content (AvgIpc) is 2.78. The van der Waals surface area contributed by atoms with Crippen molar-refractivity contribution in [3.05, 3.63) is 45.1 Å². The second kappa shape index (κ2) is 5.63. The van der Waals surface area contributed by atoms with E-state index in [4.69, 9.17) is 16.3 Å². The lowest BCUT2D eigenvalue weighted by Crippen LogP contribution is -2.06. The number of thiophene rings is 1. The highest BCUT2D eigenvalue weighted by atomic mass is 35.5. The van der Waals surface area contributed by atoms with Crippen LogP contribution >= 0.6 is 22.9 Å². The maximum atomic E-state index is 5.95. The van der Waals surface area contributed by atoms with Gasteiger partial charge in [0.2, 0.25) is 0 Å². The van der Waals surface area contributed by atoms with Crippen LogP contribution in [0.15, 0.2) is 30.3 Å². The second-order valence-electron chi connectivity index (χ2n) is 4.19. The molecule has 96 valence electrons. The Balaban J connectivity index is 2.14. The molecule has 4 heteroatoms. The summed E-state index contributed by atoms with van der Waals surface area (Å²) in [5.41, 5.74) is 2.29. The third kappa shape index (κ3) is 2.98. The summed E-state index contributed by atoms with van der Waals surface area (Å²) in [6.07, 6.45) is 0. The molecule has 0 aliphatic rings. The molecule has 0 bridgehead atoms.